The van der Waals surface area contributed by atoms with E-state index in [9.17, 15) is 22.7 Å². The summed E-state index contributed by atoms with van der Waals surface area (Å²) in [5.74, 6) is -2.11. The minimum atomic E-state index is -3.86. The van der Waals surface area contributed by atoms with Crippen molar-refractivity contribution in [3.63, 3.8) is 0 Å². The van der Waals surface area contributed by atoms with Crippen LogP contribution < -0.4 is 9.46 Å². The summed E-state index contributed by atoms with van der Waals surface area (Å²) >= 11 is 0. The third kappa shape index (κ3) is 6.15. The van der Waals surface area contributed by atoms with Gasteiger partial charge >= 0.3 is 5.97 Å². The Morgan fingerprint density at radius 1 is 1.02 bits per heavy atom. The predicted octanol–water partition coefficient (Wildman–Crippen LogP) is 7.17. The maximum atomic E-state index is 15.6. The Labute approximate surface area is 245 Å². The van der Waals surface area contributed by atoms with Gasteiger partial charge in [-0.25, -0.2) is 22.0 Å². The largest absolute Gasteiger partial charge is 0.490 e. The molecule has 1 aliphatic rings. The molecule has 0 saturated heterocycles. The van der Waals surface area contributed by atoms with Crippen LogP contribution in [0.3, 0.4) is 0 Å². The maximum absolute atomic E-state index is 15.6. The number of nitrogens with one attached hydrogen (secondary N) is 1. The van der Waals surface area contributed by atoms with E-state index in [4.69, 9.17) is 9.47 Å². The van der Waals surface area contributed by atoms with Crippen molar-refractivity contribution in [2.75, 3.05) is 17.6 Å². The molecule has 0 aromatic heterocycles. The number of benzene rings is 3. The molecular formula is C32H37F2NO6S. The molecular weight excluding hydrogens is 564 g/mol. The number of sulfonamides is 1. The monoisotopic (exact) mass is 601 g/mol. The number of rotatable bonds is 7. The highest BCUT2D eigenvalue weighted by molar-refractivity contribution is 7.92. The number of carbonyl (C=O) groups is 1. The zero-order valence-corrected chi connectivity index (χ0v) is 26.0. The first-order chi connectivity index (χ1) is 19.4. The van der Waals surface area contributed by atoms with Crippen molar-refractivity contribution < 1.29 is 36.6 Å². The van der Waals surface area contributed by atoms with Crippen LogP contribution in [0.5, 0.6) is 5.75 Å². The zero-order chi connectivity index (χ0) is 31.3. The summed E-state index contributed by atoms with van der Waals surface area (Å²) in [5, 5.41) is 10.5. The molecule has 2 N–H and O–H groups in total. The molecule has 1 heterocycles. The molecule has 226 valence electrons. The van der Waals surface area contributed by atoms with Gasteiger partial charge in [-0.1, -0.05) is 6.07 Å². The Hall–Kier alpha value is -3.50. The Kier molecular flexibility index (Phi) is 8.46. The second-order valence-corrected chi connectivity index (χ2v) is 13.6. The fourth-order valence-electron chi connectivity index (χ4n) is 5.68. The second-order valence-electron chi connectivity index (χ2n) is 11.9. The van der Waals surface area contributed by atoms with Gasteiger partial charge in [0.15, 0.2) is 17.7 Å². The molecule has 0 aliphatic carbocycles. The van der Waals surface area contributed by atoms with E-state index in [0.29, 0.717) is 64.0 Å². The first kappa shape index (κ1) is 31.4. The molecule has 0 bridgehead atoms. The summed E-state index contributed by atoms with van der Waals surface area (Å²) in [6.45, 7) is 12.3. The summed E-state index contributed by atoms with van der Waals surface area (Å²) in [6, 6.07) is 5.77. The number of aliphatic carboxylic acids is 1. The number of carboxylic acids is 1. The van der Waals surface area contributed by atoms with Gasteiger partial charge in [0.1, 0.15) is 5.82 Å². The average molecular weight is 602 g/mol. The minimum absolute atomic E-state index is 0.142. The van der Waals surface area contributed by atoms with Crippen LogP contribution in [0.15, 0.2) is 24.3 Å². The van der Waals surface area contributed by atoms with Gasteiger partial charge in [0, 0.05) is 16.7 Å². The highest BCUT2D eigenvalue weighted by Gasteiger charge is 2.35. The van der Waals surface area contributed by atoms with Gasteiger partial charge in [0.2, 0.25) is 10.0 Å². The van der Waals surface area contributed by atoms with E-state index in [1.807, 2.05) is 6.92 Å². The fourth-order valence-corrected chi connectivity index (χ4v) is 6.30. The summed E-state index contributed by atoms with van der Waals surface area (Å²) in [6.07, 6.45) is 0.748. The standard InChI is InChI=1S/C32H37F2NO6S/c1-16-14-20(11-12-23(16)33)25-18(3)26(22-15-24(34)29-21(17(22)2)10-9-13-40-29)27(19(4)28(25)35-42(8,38)39)30(31(36)37)41-32(5,6)7/h11-12,14-15,30,35H,9-10,13H2,1-8H3,(H,36,37)/t30-/m0/s1. The molecule has 1 aliphatic heterocycles. The van der Waals surface area contributed by atoms with E-state index in [1.165, 1.54) is 18.2 Å². The lowest BCUT2D eigenvalue weighted by atomic mass is 9.80. The van der Waals surface area contributed by atoms with Gasteiger partial charge in [-0.15, -0.1) is 0 Å². The summed E-state index contributed by atoms with van der Waals surface area (Å²) in [7, 11) is -3.86. The van der Waals surface area contributed by atoms with Crippen LogP contribution in [0.1, 0.15) is 66.7 Å². The van der Waals surface area contributed by atoms with Crippen LogP contribution in [-0.2, 0) is 26.0 Å². The number of carboxylic acid groups (broad SMARTS) is 1. The first-order valence-corrected chi connectivity index (χ1v) is 15.6. The van der Waals surface area contributed by atoms with Crippen molar-refractivity contribution >= 4 is 21.7 Å². The van der Waals surface area contributed by atoms with E-state index in [-0.39, 0.29) is 17.0 Å². The maximum Gasteiger partial charge on any atom is 0.337 e. The molecule has 4 rings (SSSR count). The van der Waals surface area contributed by atoms with Crippen LogP contribution in [0.2, 0.25) is 0 Å². The van der Waals surface area contributed by atoms with Crippen LogP contribution >= 0.6 is 0 Å². The quantitative estimate of drug-likeness (QED) is 0.298. The van der Waals surface area contributed by atoms with E-state index in [0.717, 1.165) is 11.8 Å². The van der Waals surface area contributed by atoms with Crippen LogP contribution in [0.4, 0.5) is 14.5 Å². The molecule has 0 fully saturated rings. The number of hydrogen-bond acceptors (Lipinski definition) is 5. The Bertz CT molecular complexity index is 1690. The van der Waals surface area contributed by atoms with Gasteiger partial charge in [-0.05, 0) is 118 Å². The smallest absolute Gasteiger partial charge is 0.337 e. The summed E-state index contributed by atoms with van der Waals surface area (Å²) in [5.41, 5.74) is 3.76. The highest BCUT2D eigenvalue weighted by Crippen LogP contribution is 2.49. The minimum Gasteiger partial charge on any atom is -0.490 e. The number of fused-ring (bicyclic) bond motifs is 1. The normalized spacial score (nSPS) is 14.2. The molecule has 0 unspecified atom stereocenters. The highest BCUT2D eigenvalue weighted by atomic mass is 32.2. The average Bonchev–Trinajstić information content (AvgIpc) is 2.87. The van der Waals surface area contributed by atoms with Crippen LogP contribution in [0.25, 0.3) is 22.3 Å². The van der Waals surface area contributed by atoms with Crippen molar-refractivity contribution in [3.8, 4) is 28.0 Å². The Morgan fingerprint density at radius 2 is 1.69 bits per heavy atom. The number of hydrogen-bond donors (Lipinski definition) is 2. The molecule has 0 spiro atoms. The molecule has 3 aromatic carbocycles. The molecule has 0 amide bonds. The lowest BCUT2D eigenvalue weighted by Gasteiger charge is -2.32. The Balaban J connectivity index is 2.24. The van der Waals surface area contributed by atoms with E-state index in [2.05, 4.69) is 4.72 Å². The van der Waals surface area contributed by atoms with Crippen molar-refractivity contribution in [1.29, 1.82) is 0 Å². The topological polar surface area (TPSA) is 102 Å². The molecule has 42 heavy (non-hydrogen) atoms. The van der Waals surface area contributed by atoms with Gasteiger partial charge in [-0.3, -0.25) is 4.72 Å². The Morgan fingerprint density at radius 3 is 2.26 bits per heavy atom. The van der Waals surface area contributed by atoms with Crippen LogP contribution in [0, 0.1) is 39.3 Å². The van der Waals surface area contributed by atoms with Crippen molar-refractivity contribution in [2.24, 2.45) is 0 Å². The third-order valence-corrected chi connectivity index (χ3v) is 8.02. The lowest BCUT2D eigenvalue weighted by molar-refractivity contribution is -0.160. The van der Waals surface area contributed by atoms with E-state index < -0.39 is 39.3 Å². The molecule has 7 nitrogen and oxygen atoms in total. The van der Waals surface area contributed by atoms with Gasteiger partial charge in [-0.2, -0.15) is 0 Å². The SMILES string of the molecule is Cc1cc(-c2c(C)c(-c3cc(F)c4c(c3C)CCCO4)c([C@H](OC(C)(C)C)C(=O)O)c(C)c2NS(C)(=O)=O)ccc1F. The molecule has 1 atom stereocenters. The summed E-state index contributed by atoms with van der Waals surface area (Å²) < 4.78 is 69.5. The summed E-state index contributed by atoms with van der Waals surface area (Å²) in [4.78, 5) is 12.8. The van der Waals surface area contributed by atoms with E-state index >= 15 is 4.39 Å². The molecule has 3 aromatic rings. The van der Waals surface area contributed by atoms with Crippen LogP contribution in [-0.4, -0.2) is 38.0 Å². The van der Waals surface area contributed by atoms with Gasteiger partial charge in [0.05, 0.1) is 24.2 Å². The second kappa shape index (κ2) is 11.3. The molecule has 0 saturated carbocycles. The van der Waals surface area contributed by atoms with Crippen molar-refractivity contribution in [2.45, 2.75) is 73.0 Å². The van der Waals surface area contributed by atoms with Gasteiger partial charge < -0.3 is 14.6 Å². The number of halogens is 2. The van der Waals surface area contributed by atoms with E-state index in [1.54, 1.807) is 47.6 Å². The first-order valence-electron chi connectivity index (χ1n) is 13.7. The fraction of sp³-hybridized carbons (Fsp3) is 0.406. The molecule has 0 radical (unpaired) electrons. The van der Waals surface area contributed by atoms with Crippen molar-refractivity contribution in [1.82, 2.24) is 0 Å². The zero-order valence-electron chi connectivity index (χ0n) is 25.2. The lowest BCUT2D eigenvalue weighted by Crippen LogP contribution is -2.29. The predicted molar refractivity (Wildman–Crippen MR) is 160 cm³/mol. The van der Waals surface area contributed by atoms with Gasteiger partial charge in [0.25, 0.3) is 0 Å². The number of ether oxygens (including phenoxy) is 2. The number of anilines is 1. The van der Waals surface area contributed by atoms with Crippen molar-refractivity contribution in [3.05, 3.63) is 69.3 Å². The molecule has 10 heteroatoms. The number of aryl methyl sites for hydroxylation is 1. The third-order valence-electron chi connectivity index (χ3n) is 7.45.